The van der Waals surface area contributed by atoms with Crippen LogP contribution < -0.4 is 10.6 Å². The molecule has 0 saturated carbocycles. The van der Waals surface area contributed by atoms with Crippen LogP contribution in [0.1, 0.15) is 12.5 Å². The second-order valence-corrected chi connectivity index (χ2v) is 3.67. The van der Waals surface area contributed by atoms with E-state index in [0.29, 0.717) is 12.2 Å². The number of benzene rings is 1. The van der Waals surface area contributed by atoms with Crippen molar-refractivity contribution in [2.75, 3.05) is 18.4 Å². The summed E-state index contributed by atoms with van der Waals surface area (Å²) in [5, 5.41) is 15.1. The van der Waals surface area contributed by atoms with Crippen molar-refractivity contribution in [3.63, 3.8) is 0 Å². The molecule has 0 bridgehead atoms. The van der Waals surface area contributed by atoms with Gasteiger partial charge in [-0.15, -0.1) is 6.58 Å². The van der Waals surface area contributed by atoms with E-state index in [1.807, 2.05) is 13.0 Å². The maximum atomic E-state index is 11.5. The van der Waals surface area contributed by atoms with Gasteiger partial charge < -0.3 is 15.7 Å². The van der Waals surface area contributed by atoms with Gasteiger partial charge in [-0.3, -0.25) is 4.79 Å². The predicted octanol–water partition coefficient (Wildman–Crippen LogP) is 1.67. The molecule has 0 aromatic heterocycles. The van der Waals surface area contributed by atoms with Gasteiger partial charge in [-0.2, -0.15) is 0 Å². The highest BCUT2D eigenvalue weighted by atomic mass is 16.3. The SMILES string of the molecule is C=CCNCC(=O)Nc1cc(CC)ccc1O. The molecular weight excluding hydrogens is 216 g/mol. The van der Waals surface area contributed by atoms with E-state index in [0.717, 1.165) is 12.0 Å². The van der Waals surface area contributed by atoms with Crippen molar-refractivity contribution in [1.29, 1.82) is 0 Å². The van der Waals surface area contributed by atoms with Crippen LogP contribution in [-0.4, -0.2) is 24.1 Å². The van der Waals surface area contributed by atoms with Crippen LogP contribution in [0.25, 0.3) is 0 Å². The standard InChI is InChI=1S/C13H18N2O2/c1-3-7-14-9-13(17)15-11-8-10(4-2)5-6-12(11)16/h3,5-6,8,14,16H,1,4,7,9H2,2H3,(H,15,17). The lowest BCUT2D eigenvalue weighted by Gasteiger charge is -2.09. The van der Waals surface area contributed by atoms with Crippen LogP contribution >= 0.6 is 0 Å². The van der Waals surface area contributed by atoms with Crippen molar-refractivity contribution in [1.82, 2.24) is 5.32 Å². The van der Waals surface area contributed by atoms with Crippen molar-refractivity contribution in [2.45, 2.75) is 13.3 Å². The highest BCUT2D eigenvalue weighted by Crippen LogP contribution is 2.24. The molecule has 0 unspecified atom stereocenters. The van der Waals surface area contributed by atoms with E-state index in [2.05, 4.69) is 17.2 Å². The van der Waals surface area contributed by atoms with E-state index in [-0.39, 0.29) is 18.2 Å². The molecule has 0 saturated heterocycles. The molecule has 17 heavy (non-hydrogen) atoms. The van der Waals surface area contributed by atoms with Crippen LogP contribution in [0.2, 0.25) is 0 Å². The number of aromatic hydroxyl groups is 1. The summed E-state index contributed by atoms with van der Waals surface area (Å²) >= 11 is 0. The van der Waals surface area contributed by atoms with Gasteiger partial charge in [-0.05, 0) is 24.1 Å². The molecule has 0 fully saturated rings. The van der Waals surface area contributed by atoms with E-state index in [4.69, 9.17) is 0 Å². The largest absolute Gasteiger partial charge is 0.506 e. The molecule has 1 amide bonds. The summed E-state index contributed by atoms with van der Waals surface area (Å²) in [5.41, 5.74) is 1.52. The average Bonchev–Trinajstić information content (AvgIpc) is 2.32. The molecule has 92 valence electrons. The van der Waals surface area contributed by atoms with Crippen molar-refractivity contribution in [3.05, 3.63) is 36.4 Å². The monoisotopic (exact) mass is 234 g/mol. The number of carbonyl (C=O) groups is 1. The fraction of sp³-hybridized carbons (Fsp3) is 0.308. The van der Waals surface area contributed by atoms with E-state index in [9.17, 15) is 9.90 Å². The second-order valence-electron chi connectivity index (χ2n) is 3.67. The topological polar surface area (TPSA) is 61.4 Å². The van der Waals surface area contributed by atoms with E-state index in [1.54, 1.807) is 18.2 Å². The molecule has 4 nitrogen and oxygen atoms in total. The van der Waals surface area contributed by atoms with Gasteiger partial charge in [0.25, 0.3) is 0 Å². The molecule has 0 aliphatic heterocycles. The first kappa shape index (κ1) is 13.3. The zero-order chi connectivity index (χ0) is 12.7. The van der Waals surface area contributed by atoms with Gasteiger partial charge in [0.2, 0.25) is 5.91 Å². The smallest absolute Gasteiger partial charge is 0.238 e. The summed E-state index contributed by atoms with van der Waals surface area (Å²) in [6.45, 7) is 6.34. The summed E-state index contributed by atoms with van der Waals surface area (Å²) in [5.74, 6) is -0.102. The molecule has 0 radical (unpaired) electrons. The van der Waals surface area contributed by atoms with Crippen molar-refractivity contribution >= 4 is 11.6 Å². The molecule has 0 aliphatic rings. The first-order valence-corrected chi connectivity index (χ1v) is 5.60. The van der Waals surface area contributed by atoms with Gasteiger partial charge in [0, 0.05) is 6.54 Å². The Morgan fingerprint density at radius 3 is 2.94 bits per heavy atom. The van der Waals surface area contributed by atoms with Crippen molar-refractivity contribution in [2.24, 2.45) is 0 Å². The molecule has 0 atom stereocenters. The van der Waals surface area contributed by atoms with Crippen LogP contribution in [0.5, 0.6) is 5.75 Å². The lowest BCUT2D eigenvalue weighted by Crippen LogP contribution is -2.28. The Kier molecular flexibility index (Phi) is 5.23. The number of aryl methyl sites for hydroxylation is 1. The van der Waals surface area contributed by atoms with Crippen LogP contribution in [0.4, 0.5) is 5.69 Å². The summed E-state index contributed by atoms with van der Waals surface area (Å²) in [6.07, 6.45) is 2.54. The molecule has 4 heteroatoms. The minimum absolute atomic E-state index is 0.0827. The first-order valence-electron chi connectivity index (χ1n) is 5.60. The Labute approximate surface area is 101 Å². The number of hydrogen-bond acceptors (Lipinski definition) is 3. The minimum atomic E-state index is -0.185. The first-order chi connectivity index (χ1) is 8.17. The second kappa shape index (κ2) is 6.70. The molecule has 0 heterocycles. The molecule has 0 aliphatic carbocycles. The van der Waals surface area contributed by atoms with Crippen molar-refractivity contribution < 1.29 is 9.90 Å². The van der Waals surface area contributed by atoms with Crippen molar-refractivity contribution in [3.8, 4) is 5.75 Å². The fourth-order valence-corrected chi connectivity index (χ4v) is 1.39. The summed E-state index contributed by atoms with van der Waals surface area (Å²) in [7, 11) is 0. The Morgan fingerprint density at radius 1 is 1.53 bits per heavy atom. The van der Waals surface area contributed by atoms with Crippen LogP contribution in [0.3, 0.4) is 0 Å². The third kappa shape index (κ3) is 4.28. The van der Waals surface area contributed by atoms with Gasteiger partial charge >= 0.3 is 0 Å². The number of hydrogen-bond donors (Lipinski definition) is 3. The van der Waals surface area contributed by atoms with E-state index in [1.165, 1.54) is 0 Å². The Balaban J connectivity index is 2.60. The molecule has 1 aromatic rings. The number of nitrogens with one attached hydrogen (secondary N) is 2. The molecule has 3 N–H and O–H groups in total. The third-order valence-electron chi connectivity index (χ3n) is 2.32. The van der Waals surface area contributed by atoms with Gasteiger partial charge in [0.05, 0.1) is 12.2 Å². The summed E-state index contributed by atoms with van der Waals surface area (Å²) in [4.78, 5) is 11.5. The van der Waals surface area contributed by atoms with Crippen LogP contribution in [-0.2, 0) is 11.2 Å². The summed E-state index contributed by atoms with van der Waals surface area (Å²) < 4.78 is 0. The lowest BCUT2D eigenvalue weighted by molar-refractivity contribution is -0.115. The van der Waals surface area contributed by atoms with Gasteiger partial charge in [-0.1, -0.05) is 19.1 Å². The molecule has 1 aromatic carbocycles. The highest BCUT2D eigenvalue weighted by molar-refractivity contribution is 5.93. The zero-order valence-electron chi connectivity index (χ0n) is 9.99. The van der Waals surface area contributed by atoms with Crippen LogP contribution in [0, 0.1) is 0 Å². The number of anilines is 1. The third-order valence-corrected chi connectivity index (χ3v) is 2.32. The number of rotatable bonds is 6. The Hall–Kier alpha value is -1.81. The highest BCUT2D eigenvalue weighted by Gasteiger charge is 2.06. The van der Waals surface area contributed by atoms with E-state index < -0.39 is 0 Å². The molecule has 1 rings (SSSR count). The maximum absolute atomic E-state index is 11.5. The Morgan fingerprint density at radius 2 is 2.29 bits per heavy atom. The lowest BCUT2D eigenvalue weighted by atomic mass is 10.1. The number of carbonyl (C=O) groups excluding carboxylic acids is 1. The minimum Gasteiger partial charge on any atom is -0.506 e. The Bertz CT molecular complexity index is 402. The maximum Gasteiger partial charge on any atom is 0.238 e. The quantitative estimate of drug-likeness (QED) is 0.398. The van der Waals surface area contributed by atoms with Gasteiger partial charge in [0.1, 0.15) is 5.75 Å². The zero-order valence-corrected chi connectivity index (χ0v) is 9.99. The average molecular weight is 234 g/mol. The number of phenolic OH excluding ortho intramolecular Hbond substituents is 1. The van der Waals surface area contributed by atoms with Gasteiger partial charge in [0.15, 0.2) is 0 Å². The predicted molar refractivity (Wildman–Crippen MR) is 69.2 cm³/mol. The number of phenols is 1. The van der Waals surface area contributed by atoms with E-state index >= 15 is 0 Å². The van der Waals surface area contributed by atoms with Crippen LogP contribution in [0.15, 0.2) is 30.9 Å². The summed E-state index contributed by atoms with van der Waals surface area (Å²) in [6, 6.07) is 5.20. The normalized spacial score (nSPS) is 9.94. The molecule has 0 spiro atoms. The molecular formula is C13H18N2O2. The fourth-order valence-electron chi connectivity index (χ4n) is 1.39. The van der Waals surface area contributed by atoms with Gasteiger partial charge in [-0.25, -0.2) is 0 Å². The number of amides is 1.